The van der Waals surface area contributed by atoms with Gasteiger partial charge in [-0.25, -0.2) is 8.42 Å². The molecular formula is C20H22N2O3S. The largest absolute Gasteiger partial charge is 0.349 e. The Morgan fingerprint density at radius 2 is 1.81 bits per heavy atom. The number of hydrogen-bond donors (Lipinski definition) is 2. The van der Waals surface area contributed by atoms with E-state index in [0.717, 1.165) is 31.2 Å². The van der Waals surface area contributed by atoms with Gasteiger partial charge < -0.3 is 5.32 Å². The maximum absolute atomic E-state index is 12.8. The lowest BCUT2D eigenvalue weighted by Gasteiger charge is -2.17. The number of nitrogens with one attached hydrogen (secondary N) is 2. The Morgan fingerprint density at radius 1 is 1.08 bits per heavy atom. The van der Waals surface area contributed by atoms with Crippen molar-refractivity contribution in [3.8, 4) is 0 Å². The topological polar surface area (TPSA) is 75.3 Å². The number of amides is 1. The first-order valence-corrected chi connectivity index (χ1v) is 10.1. The Morgan fingerprint density at radius 3 is 2.58 bits per heavy atom. The third-order valence-corrected chi connectivity index (χ3v) is 5.82. The number of rotatable bonds is 6. The van der Waals surface area contributed by atoms with Crippen LogP contribution in [0.3, 0.4) is 0 Å². The second-order valence-corrected chi connectivity index (χ2v) is 7.97. The molecule has 26 heavy (non-hydrogen) atoms. The Labute approximate surface area is 154 Å². The quantitative estimate of drug-likeness (QED) is 0.766. The number of sulfonamides is 1. The van der Waals surface area contributed by atoms with Crippen molar-refractivity contribution >= 4 is 21.6 Å². The molecule has 0 heterocycles. The number of para-hydroxylation sites is 1. The molecule has 0 aliphatic heterocycles. The number of aryl methyl sites for hydroxylation is 2. The molecule has 0 radical (unpaired) electrons. The van der Waals surface area contributed by atoms with Gasteiger partial charge in [-0.2, -0.15) is 0 Å². The first-order valence-electron chi connectivity index (χ1n) is 8.64. The van der Waals surface area contributed by atoms with Crippen LogP contribution in [0.1, 0.15) is 34.3 Å². The number of carbonyl (C=O) groups is 1. The van der Waals surface area contributed by atoms with Crippen LogP contribution in [0.4, 0.5) is 5.69 Å². The standard InChI is InChI=1S/C20H22N2O3S/c1-2-13-21-20(23)18-9-5-6-10-19(18)22-26(24,25)17-12-11-15-7-3-4-8-16(15)14-17/h2,5-6,9-12,14,22H,1,3-4,7-8,13H2,(H,21,23). The summed E-state index contributed by atoms with van der Waals surface area (Å²) in [5.74, 6) is -0.353. The molecule has 0 saturated carbocycles. The zero-order valence-corrected chi connectivity index (χ0v) is 15.3. The lowest BCUT2D eigenvalue weighted by atomic mass is 9.92. The molecular weight excluding hydrogens is 348 g/mol. The normalized spacial score (nSPS) is 13.5. The lowest BCUT2D eigenvalue weighted by Crippen LogP contribution is -2.25. The van der Waals surface area contributed by atoms with Crippen LogP contribution in [0.5, 0.6) is 0 Å². The summed E-state index contributed by atoms with van der Waals surface area (Å²) >= 11 is 0. The van der Waals surface area contributed by atoms with Crippen LogP contribution in [-0.2, 0) is 22.9 Å². The van der Waals surface area contributed by atoms with Crippen molar-refractivity contribution < 1.29 is 13.2 Å². The molecule has 2 N–H and O–H groups in total. The van der Waals surface area contributed by atoms with Gasteiger partial charge in [0.1, 0.15) is 0 Å². The van der Waals surface area contributed by atoms with E-state index >= 15 is 0 Å². The van der Waals surface area contributed by atoms with Crippen LogP contribution in [-0.4, -0.2) is 20.9 Å². The van der Waals surface area contributed by atoms with Gasteiger partial charge in [-0.15, -0.1) is 6.58 Å². The number of benzene rings is 2. The summed E-state index contributed by atoms with van der Waals surface area (Å²) in [7, 11) is -3.77. The van der Waals surface area contributed by atoms with Crippen molar-refractivity contribution in [1.29, 1.82) is 0 Å². The van der Waals surface area contributed by atoms with Crippen LogP contribution in [0.25, 0.3) is 0 Å². The number of carbonyl (C=O) groups excluding carboxylic acids is 1. The number of hydrogen-bond acceptors (Lipinski definition) is 3. The van der Waals surface area contributed by atoms with E-state index in [4.69, 9.17) is 0 Å². The Hall–Kier alpha value is -2.60. The van der Waals surface area contributed by atoms with E-state index in [0.29, 0.717) is 6.54 Å². The molecule has 1 amide bonds. The van der Waals surface area contributed by atoms with Crippen molar-refractivity contribution in [2.24, 2.45) is 0 Å². The van der Waals surface area contributed by atoms with E-state index in [1.165, 1.54) is 5.56 Å². The lowest BCUT2D eigenvalue weighted by molar-refractivity contribution is 0.0959. The first kappa shape index (κ1) is 18.2. The molecule has 0 fully saturated rings. The van der Waals surface area contributed by atoms with Gasteiger partial charge in [0.15, 0.2) is 0 Å². The summed E-state index contributed by atoms with van der Waals surface area (Å²) in [4.78, 5) is 12.5. The maximum atomic E-state index is 12.8. The predicted molar refractivity (Wildman–Crippen MR) is 103 cm³/mol. The maximum Gasteiger partial charge on any atom is 0.261 e. The summed E-state index contributed by atoms with van der Waals surface area (Å²) < 4.78 is 28.2. The molecule has 3 rings (SSSR count). The van der Waals surface area contributed by atoms with Crippen LogP contribution >= 0.6 is 0 Å². The molecule has 0 bridgehead atoms. The van der Waals surface area contributed by atoms with E-state index < -0.39 is 10.0 Å². The fraction of sp³-hybridized carbons (Fsp3) is 0.250. The summed E-state index contributed by atoms with van der Waals surface area (Å²) in [5.41, 5.74) is 2.85. The molecule has 0 unspecified atom stereocenters. The molecule has 1 aliphatic carbocycles. The van der Waals surface area contributed by atoms with Crippen molar-refractivity contribution in [2.45, 2.75) is 30.6 Å². The number of anilines is 1. The fourth-order valence-corrected chi connectivity index (χ4v) is 4.24. The van der Waals surface area contributed by atoms with Crippen molar-refractivity contribution in [3.63, 3.8) is 0 Å². The first-order chi connectivity index (χ1) is 12.5. The molecule has 0 atom stereocenters. The Balaban J connectivity index is 1.88. The summed E-state index contributed by atoms with van der Waals surface area (Å²) in [6, 6.07) is 11.8. The molecule has 0 spiro atoms. The van der Waals surface area contributed by atoms with E-state index in [-0.39, 0.29) is 22.1 Å². The van der Waals surface area contributed by atoms with Gasteiger partial charge >= 0.3 is 0 Å². The minimum absolute atomic E-state index is 0.222. The molecule has 2 aromatic carbocycles. The third-order valence-electron chi connectivity index (χ3n) is 4.45. The second-order valence-electron chi connectivity index (χ2n) is 6.29. The van der Waals surface area contributed by atoms with Crippen LogP contribution in [0, 0.1) is 0 Å². The fourth-order valence-electron chi connectivity index (χ4n) is 3.11. The van der Waals surface area contributed by atoms with Gasteiger partial charge in [-0.05, 0) is 61.1 Å². The van der Waals surface area contributed by atoms with E-state index in [2.05, 4.69) is 16.6 Å². The Bertz CT molecular complexity index is 936. The van der Waals surface area contributed by atoms with Crippen LogP contribution in [0.15, 0.2) is 60.0 Å². The van der Waals surface area contributed by atoms with Gasteiger partial charge in [0.05, 0.1) is 16.1 Å². The molecule has 6 heteroatoms. The smallest absolute Gasteiger partial charge is 0.261 e. The highest BCUT2D eigenvalue weighted by Crippen LogP contribution is 2.26. The zero-order chi connectivity index (χ0) is 18.6. The molecule has 0 aromatic heterocycles. The summed E-state index contributed by atoms with van der Waals surface area (Å²) in [5, 5.41) is 2.66. The van der Waals surface area contributed by atoms with E-state index in [1.807, 2.05) is 6.07 Å². The summed E-state index contributed by atoms with van der Waals surface area (Å²) in [6.45, 7) is 3.87. The van der Waals surface area contributed by atoms with Gasteiger partial charge in [0.2, 0.25) is 0 Å². The minimum atomic E-state index is -3.77. The van der Waals surface area contributed by atoms with Gasteiger partial charge in [-0.1, -0.05) is 24.3 Å². The van der Waals surface area contributed by atoms with Gasteiger partial charge in [0.25, 0.3) is 15.9 Å². The highest BCUT2D eigenvalue weighted by atomic mass is 32.2. The predicted octanol–water partition coefficient (Wildman–Crippen LogP) is 3.28. The van der Waals surface area contributed by atoms with Crippen LogP contribution in [0.2, 0.25) is 0 Å². The monoisotopic (exact) mass is 370 g/mol. The average molecular weight is 370 g/mol. The van der Waals surface area contributed by atoms with Crippen molar-refractivity contribution in [1.82, 2.24) is 5.32 Å². The number of fused-ring (bicyclic) bond motifs is 1. The highest BCUT2D eigenvalue weighted by molar-refractivity contribution is 7.92. The van der Waals surface area contributed by atoms with E-state index in [9.17, 15) is 13.2 Å². The SMILES string of the molecule is C=CCNC(=O)c1ccccc1NS(=O)(=O)c1ccc2c(c1)CCCC2. The molecule has 136 valence electrons. The zero-order valence-electron chi connectivity index (χ0n) is 14.5. The molecule has 2 aromatic rings. The third kappa shape index (κ3) is 3.96. The van der Waals surface area contributed by atoms with Crippen LogP contribution < -0.4 is 10.0 Å². The molecule has 0 saturated heterocycles. The van der Waals surface area contributed by atoms with Crippen molar-refractivity contribution in [3.05, 3.63) is 71.8 Å². The molecule has 1 aliphatic rings. The van der Waals surface area contributed by atoms with Crippen molar-refractivity contribution in [2.75, 3.05) is 11.3 Å². The molecule has 5 nitrogen and oxygen atoms in total. The second kappa shape index (κ2) is 7.74. The van der Waals surface area contributed by atoms with Gasteiger partial charge in [0, 0.05) is 6.54 Å². The minimum Gasteiger partial charge on any atom is -0.349 e. The average Bonchev–Trinajstić information content (AvgIpc) is 2.66. The Kier molecular flexibility index (Phi) is 5.42. The van der Waals surface area contributed by atoms with E-state index in [1.54, 1.807) is 42.5 Å². The summed E-state index contributed by atoms with van der Waals surface area (Å²) in [6.07, 6.45) is 5.69. The van der Waals surface area contributed by atoms with Gasteiger partial charge in [-0.3, -0.25) is 9.52 Å². The highest BCUT2D eigenvalue weighted by Gasteiger charge is 2.20.